The highest BCUT2D eigenvalue weighted by atomic mass is 16.2. The second-order valence-corrected chi connectivity index (χ2v) is 5.74. The van der Waals surface area contributed by atoms with Gasteiger partial charge in [0.15, 0.2) is 0 Å². The Balaban J connectivity index is 1.64. The molecule has 1 fully saturated rings. The van der Waals surface area contributed by atoms with Crippen LogP contribution in [0.1, 0.15) is 34.3 Å². The molecule has 1 atom stereocenters. The Hall–Kier alpha value is -2.37. The van der Waals surface area contributed by atoms with E-state index in [0.717, 1.165) is 29.8 Å². The summed E-state index contributed by atoms with van der Waals surface area (Å²) in [5.74, 6) is -0.726. The molecule has 2 N–H and O–H groups in total. The third-order valence-electron chi connectivity index (χ3n) is 4.46. The summed E-state index contributed by atoms with van der Waals surface area (Å²) in [4.78, 5) is 37.3. The second kappa shape index (κ2) is 4.31. The van der Waals surface area contributed by atoms with E-state index in [1.165, 1.54) is 0 Å². The minimum Gasteiger partial charge on any atom is -0.384 e. The fourth-order valence-electron chi connectivity index (χ4n) is 3.36. The molecule has 1 aromatic carbocycles. The van der Waals surface area contributed by atoms with E-state index in [1.54, 1.807) is 4.90 Å². The topological polar surface area (TPSA) is 78.5 Å². The van der Waals surface area contributed by atoms with Gasteiger partial charge in [-0.2, -0.15) is 0 Å². The molecule has 21 heavy (non-hydrogen) atoms. The highest BCUT2D eigenvalue weighted by molar-refractivity contribution is 6.05. The summed E-state index contributed by atoms with van der Waals surface area (Å²) in [5.41, 5.74) is 3.90. The van der Waals surface area contributed by atoms with Crippen LogP contribution in [0.4, 0.5) is 5.69 Å². The van der Waals surface area contributed by atoms with E-state index in [2.05, 4.69) is 10.6 Å². The van der Waals surface area contributed by atoms with Crippen molar-refractivity contribution in [1.29, 1.82) is 0 Å². The number of hydrogen-bond donors (Lipinski definition) is 2. The SMILES string of the molecule is O=C1CCC(N2Cc3cc4c(cc3C2=O)CCN4)C(=O)N1. The summed E-state index contributed by atoms with van der Waals surface area (Å²) in [7, 11) is 0. The molecule has 3 heterocycles. The number of carbonyl (C=O) groups excluding carboxylic acids is 3. The fourth-order valence-corrected chi connectivity index (χ4v) is 3.36. The summed E-state index contributed by atoms with van der Waals surface area (Å²) in [6, 6.07) is 3.42. The summed E-state index contributed by atoms with van der Waals surface area (Å²) >= 11 is 0. The van der Waals surface area contributed by atoms with Gasteiger partial charge in [0.1, 0.15) is 6.04 Å². The van der Waals surface area contributed by atoms with E-state index in [1.807, 2.05) is 12.1 Å². The normalized spacial score (nSPS) is 23.7. The maximum absolute atomic E-state index is 12.6. The molecule has 0 saturated carbocycles. The molecule has 1 aromatic rings. The molecular weight excluding hydrogens is 270 g/mol. The molecule has 6 nitrogen and oxygen atoms in total. The van der Waals surface area contributed by atoms with Crippen LogP contribution < -0.4 is 10.6 Å². The Bertz CT molecular complexity index is 683. The highest BCUT2D eigenvalue weighted by Crippen LogP contribution is 2.33. The van der Waals surface area contributed by atoms with Crippen LogP contribution >= 0.6 is 0 Å². The van der Waals surface area contributed by atoms with Gasteiger partial charge in [0.2, 0.25) is 11.8 Å². The molecule has 3 amide bonds. The zero-order valence-electron chi connectivity index (χ0n) is 11.4. The molecule has 0 spiro atoms. The van der Waals surface area contributed by atoms with Crippen molar-refractivity contribution >= 4 is 23.4 Å². The molecule has 3 aliphatic heterocycles. The summed E-state index contributed by atoms with van der Waals surface area (Å²) < 4.78 is 0. The molecule has 4 rings (SSSR count). The lowest BCUT2D eigenvalue weighted by molar-refractivity contribution is -0.136. The van der Waals surface area contributed by atoms with Gasteiger partial charge in [0.25, 0.3) is 5.91 Å². The lowest BCUT2D eigenvalue weighted by atomic mass is 10.0. The maximum atomic E-state index is 12.6. The number of nitrogens with one attached hydrogen (secondary N) is 2. The zero-order chi connectivity index (χ0) is 14.6. The van der Waals surface area contributed by atoms with Crippen molar-refractivity contribution in [1.82, 2.24) is 10.2 Å². The van der Waals surface area contributed by atoms with E-state index in [0.29, 0.717) is 18.5 Å². The van der Waals surface area contributed by atoms with Gasteiger partial charge in [-0.1, -0.05) is 0 Å². The first kappa shape index (κ1) is 12.4. The Kier molecular flexibility index (Phi) is 2.54. The van der Waals surface area contributed by atoms with Gasteiger partial charge >= 0.3 is 0 Å². The molecule has 3 aliphatic rings. The average Bonchev–Trinajstić information content (AvgIpc) is 3.02. The Morgan fingerprint density at radius 1 is 1.10 bits per heavy atom. The first-order chi connectivity index (χ1) is 10.1. The third kappa shape index (κ3) is 1.82. The minimum atomic E-state index is -0.537. The molecule has 6 heteroatoms. The van der Waals surface area contributed by atoms with E-state index in [-0.39, 0.29) is 24.1 Å². The lowest BCUT2D eigenvalue weighted by Crippen LogP contribution is -2.52. The number of rotatable bonds is 1. The first-order valence-corrected chi connectivity index (χ1v) is 7.18. The summed E-state index contributed by atoms with van der Waals surface area (Å²) in [5, 5.41) is 5.61. The molecule has 0 bridgehead atoms. The highest BCUT2D eigenvalue weighted by Gasteiger charge is 2.39. The molecule has 0 aliphatic carbocycles. The number of fused-ring (bicyclic) bond motifs is 2. The van der Waals surface area contributed by atoms with Crippen LogP contribution in [0.3, 0.4) is 0 Å². The van der Waals surface area contributed by atoms with Gasteiger partial charge < -0.3 is 10.2 Å². The average molecular weight is 285 g/mol. The minimum absolute atomic E-state index is 0.103. The monoisotopic (exact) mass is 285 g/mol. The molecular formula is C15H15N3O3. The van der Waals surface area contributed by atoms with Crippen LogP contribution in [-0.4, -0.2) is 35.2 Å². The maximum Gasteiger partial charge on any atom is 0.255 e. The van der Waals surface area contributed by atoms with Crippen molar-refractivity contribution in [2.24, 2.45) is 0 Å². The number of piperidine rings is 1. The van der Waals surface area contributed by atoms with Crippen molar-refractivity contribution in [2.45, 2.75) is 31.8 Å². The predicted molar refractivity (Wildman–Crippen MR) is 74.7 cm³/mol. The zero-order valence-corrected chi connectivity index (χ0v) is 11.4. The molecule has 0 aromatic heterocycles. The third-order valence-corrected chi connectivity index (χ3v) is 4.46. The molecule has 1 saturated heterocycles. The van der Waals surface area contributed by atoms with E-state index in [4.69, 9.17) is 0 Å². The van der Waals surface area contributed by atoms with Crippen LogP contribution in [0.15, 0.2) is 12.1 Å². The van der Waals surface area contributed by atoms with Gasteiger partial charge in [-0.15, -0.1) is 0 Å². The number of anilines is 1. The quantitative estimate of drug-likeness (QED) is 0.733. The lowest BCUT2D eigenvalue weighted by Gasteiger charge is -2.29. The number of carbonyl (C=O) groups is 3. The van der Waals surface area contributed by atoms with E-state index < -0.39 is 6.04 Å². The van der Waals surface area contributed by atoms with E-state index in [9.17, 15) is 14.4 Å². The number of amides is 3. The number of imide groups is 1. The van der Waals surface area contributed by atoms with Crippen molar-refractivity contribution in [2.75, 3.05) is 11.9 Å². The van der Waals surface area contributed by atoms with Crippen LogP contribution in [0.5, 0.6) is 0 Å². The second-order valence-electron chi connectivity index (χ2n) is 5.74. The van der Waals surface area contributed by atoms with Crippen molar-refractivity contribution in [3.05, 3.63) is 28.8 Å². The predicted octanol–water partition coefficient (Wildman–Crippen LogP) is 0.416. The van der Waals surface area contributed by atoms with E-state index >= 15 is 0 Å². The van der Waals surface area contributed by atoms with Crippen molar-refractivity contribution in [3.63, 3.8) is 0 Å². The Morgan fingerprint density at radius 2 is 1.95 bits per heavy atom. The summed E-state index contributed by atoms with van der Waals surface area (Å²) in [6.45, 7) is 1.35. The van der Waals surface area contributed by atoms with Gasteiger partial charge in [-0.05, 0) is 36.1 Å². The Labute approximate surface area is 121 Å². The smallest absolute Gasteiger partial charge is 0.255 e. The van der Waals surface area contributed by atoms with Crippen LogP contribution in [0.25, 0.3) is 0 Å². The largest absolute Gasteiger partial charge is 0.384 e. The van der Waals surface area contributed by atoms with Crippen molar-refractivity contribution < 1.29 is 14.4 Å². The van der Waals surface area contributed by atoms with Gasteiger partial charge in [0.05, 0.1) is 0 Å². The van der Waals surface area contributed by atoms with Crippen LogP contribution in [0.2, 0.25) is 0 Å². The number of hydrogen-bond acceptors (Lipinski definition) is 4. The van der Waals surface area contributed by atoms with Crippen LogP contribution in [0, 0.1) is 0 Å². The summed E-state index contributed by atoms with van der Waals surface area (Å²) in [6.07, 6.45) is 1.62. The Morgan fingerprint density at radius 3 is 2.76 bits per heavy atom. The standard InChI is InChI=1S/C15H15N3O3/c19-13-2-1-12(14(20)17-13)18-7-9-6-11-8(3-4-16-11)5-10(9)15(18)21/h5-6,12,16H,1-4,7H2,(H,17,19,20). The molecule has 1 unspecified atom stereocenters. The number of benzene rings is 1. The number of nitrogens with zero attached hydrogens (tertiary/aromatic N) is 1. The van der Waals surface area contributed by atoms with Crippen LogP contribution in [-0.2, 0) is 22.6 Å². The van der Waals surface area contributed by atoms with Gasteiger partial charge in [-0.25, -0.2) is 0 Å². The van der Waals surface area contributed by atoms with Crippen molar-refractivity contribution in [3.8, 4) is 0 Å². The first-order valence-electron chi connectivity index (χ1n) is 7.18. The van der Waals surface area contributed by atoms with Gasteiger partial charge in [0, 0.05) is 30.8 Å². The van der Waals surface area contributed by atoms with Gasteiger partial charge in [-0.3, -0.25) is 19.7 Å². The fraction of sp³-hybridized carbons (Fsp3) is 0.400. The molecule has 0 radical (unpaired) electrons. The molecule has 108 valence electrons.